The van der Waals surface area contributed by atoms with Crippen molar-refractivity contribution in [2.75, 3.05) is 23.7 Å². The highest BCUT2D eigenvalue weighted by Gasteiger charge is 2.20. The lowest BCUT2D eigenvalue weighted by Gasteiger charge is -2.16. The van der Waals surface area contributed by atoms with Gasteiger partial charge < -0.3 is 15.7 Å². The lowest BCUT2D eigenvalue weighted by atomic mass is 10.1. The third-order valence-corrected chi connectivity index (χ3v) is 2.42. The second-order valence-corrected chi connectivity index (χ2v) is 3.45. The Hall–Kier alpha value is -1.71. The SMILES string of the molecule is Nc1ccc2c(c1)CCN2CC(=O)O. The number of aliphatic carboxylic acids is 1. The van der Waals surface area contributed by atoms with Crippen LogP contribution < -0.4 is 10.6 Å². The Balaban J connectivity index is 2.26. The van der Waals surface area contributed by atoms with Crippen LogP contribution in [-0.4, -0.2) is 24.2 Å². The molecule has 1 aromatic rings. The predicted molar refractivity (Wildman–Crippen MR) is 54.4 cm³/mol. The Morgan fingerprint density at radius 2 is 2.36 bits per heavy atom. The van der Waals surface area contributed by atoms with Gasteiger partial charge in [0.1, 0.15) is 6.54 Å². The van der Waals surface area contributed by atoms with Crippen LogP contribution >= 0.6 is 0 Å². The topological polar surface area (TPSA) is 66.6 Å². The van der Waals surface area contributed by atoms with Crippen molar-refractivity contribution in [1.29, 1.82) is 0 Å². The average molecular weight is 192 g/mol. The fraction of sp³-hybridized carbons (Fsp3) is 0.300. The third kappa shape index (κ3) is 1.51. The van der Waals surface area contributed by atoms with Crippen LogP contribution in [0.15, 0.2) is 18.2 Å². The van der Waals surface area contributed by atoms with Crippen LogP contribution in [-0.2, 0) is 11.2 Å². The molecule has 3 N–H and O–H groups in total. The molecular weight excluding hydrogens is 180 g/mol. The Morgan fingerprint density at radius 3 is 3.07 bits per heavy atom. The van der Waals surface area contributed by atoms with Gasteiger partial charge in [0.2, 0.25) is 0 Å². The minimum atomic E-state index is -0.797. The molecule has 74 valence electrons. The number of fused-ring (bicyclic) bond motifs is 1. The number of carboxylic acid groups (broad SMARTS) is 1. The Morgan fingerprint density at radius 1 is 1.57 bits per heavy atom. The number of nitrogens with zero attached hydrogens (tertiary/aromatic N) is 1. The minimum Gasteiger partial charge on any atom is -0.480 e. The first-order chi connectivity index (χ1) is 6.66. The van der Waals surface area contributed by atoms with Gasteiger partial charge in [-0.15, -0.1) is 0 Å². The van der Waals surface area contributed by atoms with E-state index in [-0.39, 0.29) is 6.54 Å². The molecule has 1 aliphatic heterocycles. The zero-order valence-corrected chi connectivity index (χ0v) is 7.73. The Bertz CT molecular complexity index is 376. The summed E-state index contributed by atoms with van der Waals surface area (Å²) in [4.78, 5) is 12.4. The van der Waals surface area contributed by atoms with Gasteiger partial charge in [0, 0.05) is 17.9 Å². The van der Waals surface area contributed by atoms with Crippen molar-refractivity contribution >= 4 is 17.3 Å². The summed E-state index contributed by atoms with van der Waals surface area (Å²) < 4.78 is 0. The highest BCUT2D eigenvalue weighted by Crippen LogP contribution is 2.28. The van der Waals surface area contributed by atoms with E-state index in [1.165, 1.54) is 0 Å². The van der Waals surface area contributed by atoms with E-state index < -0.39 is 5.97 Å². The number of carbonyl (C=O) groups is 1. The van der Waals surface area contributed by atoms with Crippen LogP contribution in [0.5, 0.6) is 0 Å². The van der Waals surface area contributed by atoms with Crippen molar-refractivity contribution in [3.63, 3.8) is 0 Å². The van der Waals surface area contributed by atoms with E-state index in [4.69, 9.17) is 10.8 Å². The van der Waals surface area contributed by atoms with Crippen molar-refractivity contribution in [3.05, 3.63) is 23.8 Å². The summed E-state index contributed by atoms with van der Waals surface area (Å²) in [6.45, 7) is 0.835. The zero-order chi connectivity index (χ0) is 10.1. The molecular formula is C10H12N2O2. The van der Waals surface area contributed by atoms with Crippen LogP contribution in [0.25, 0.3) is 0 Å². The van der Waals surface area contributed by atoms with Crippen LogP contribution in [0.4, 0.5) is 11.4 Å². The fourth-order valence-corrected chi connectivity index (χ4v) is 1.82. The molecule has 0 bridgehead atoms. The number of nitrogen functional groups attached to an aromatic ring is 1. The molecule has 0 amide bonds. The molecule has 4 heteroatoms. The number of hydrogen-bond acceptors (Lipinski definition) is 3. The normalized spacial score (nSPS) is 14.1. The van der Waals surface area contributed by atoms with Gasteiger partial charge in [0.15, 0.2) is 0 Å². The van der Waals surface area contributed by atoms with Gasteiger partial charge >= 0.3 is 5.97 Å². The van der Waals surface area contributed by atoms with E-state index in [0.29, 0.717) is 0 Å². The van der Waals surface area contributed by atoms with Gasteiger partial charge in [-0.2, -0.15) is 0 Å². The molecule has 4 nitrogen and oxygen atoms in total. The fourth-order valence-electron chi connectivity index (χ4n) is 1.82. The van der Waals surface area contributed by atoms with Crippen molar-refractivity contribution in [1.82, 2.24) is 0 Å². The molecule has 1 aromatic carbocycles. The highest BCUT2D eigenvalue weighted by molar-refractivity contribution is 5.76. The standard InChI is InChI=1S/C10H12N2O2/c11-8-1-2-9-7(5-8)3-4-12(9)6-10(13)14/h1-2,5H,3-4,6,11H2,(H,13,14). The van der Waals surface area contributed by atoms with Crippen molar-refractivity contribution in [2.45, 2.75) is 6.42 Å². The summed E-state index contributed by atoms with van der Waals surface area (Å²) >= 11 is 0. The van der Waals surface area contributed by atoms with Gasteiger partial charge in [-0.1, -0.05) is 0 Å². The van der Waals surface area contributed by atoms with E-state index in [1.54, 1.807) is 6.07 Å². The molecule has 2 rings (SSSR count). The van der Waals surface area contributed by atoms with Crippen molar-refractivity contribution in [2.24, 2.45) is 0 Å². The number of benzene rings is 1. The van der Waals surface area contributed by atoms with E-state index in [0.717, 1.165) is 29.9 Å². The van der Waals surface area contributed by atoms with Crippen molar-refractivity contribution < 1.29 is 9.90 Å². The molecule has 0 aromatic heterocycles. The van der Waals surface area contributed by atoms with Gasteiger partial charge in [-0.3, -0.25) is 4.79 Å². The lowest BCUT2D eigenvalue weighted by Crippen LogP contribution is -2.27. The van der Waals surface area contributed by atoms with E-state index >= 15 is 0 Å². The summed E-state index contributed by atoms with van der Waals surface area (Å²) in [7, 11) is 0. The average Bonchev–Trinajstić information content (AvgIpc) is 2.47. The minimum absolute atomic E-state index is 0.0664. The van der Waals surface area contributed by atoms with Crippen LogP contribution in [0.3, 0.4) is 0 Å². The van der Waals surface area contributed by atoms with E-state index in [2.05, 4.69) is 0 Å². The van der Waals surface area contributed by atoms with Crippen LogP contribution in [0.1, 0.15) is 5.56 Å². The molecule has 0 fully saturated rings. The molecule has 1 aliphatic rings. The number of anilines is 2. The first kappa shape index (κ1) is 8.87. The molecule has 1 heterocycles. The van der Waals surface area contributed by atoms with Crippen LogP contribution in [0, 0.1) is 0 Å². The number of hydrogen-bond donors (Lipinski definition) is 2. The smallest absolute Gasteiger partial charge is 0.323 e. The Labute approximate surface area is 81.9 Å². The second-order valence-electron chi connectivity index (χ2n) is 3.45. The lowest BCUT2D eigenvalue weighted by molar-refractivity contribution is -0.135. The molecule has 0 radical (unpaired) electrons. The monoisotopic (exact) mass is 192 g/mol. The zero-order valence-electron chi connectivity index (χ0n) is 7.73. The van der Waals surface area contributed by atoms with Gasteiger partial charge in [0.05, 0.1) is 0 Å². The quantitative estimate of drug-likeness (QED) is 0.677. The molecule has 0 aliphatic carbocycles. The summed E-state index contributed by atoms with van der Waals surface area (Å²) in [5.74, 6) is -0.797. The Kier molecular flexibility index (Phi) is 2.04. The first-order valence-electron chi connectivity index (χ1n) is 4.52. The first-order valence-corrected chi connectivity index (χ1v) is 4.52. The second kappa shape index (κ2) is 3.21. The molecule has 0 unspecified atom stereocenters. The van der Waals surface area contributed by atoms with Gasteiger partial charge in [0.25, 0.3) is 0 Å². The summed E-state index contributed by atoms with van der Waals surface area (Å²) in [5, 5.41) is 8.69. The van der Waals surface area contributed by atoms with Gasteiger partial charge in [-0.05, 0) is 30.2 Å². The molecule has 0 atom stereocenters. The molecule has 0 spiro atoms. The van der Waals surface area contributed by atoms with Crippen LogP contribution in [0.2, 0.25) is 0 Å². The number of rotatable bonds is 2. The van der Waals surface area contributed by atoms with E-state index in [9.17, 15) is 4.79 Å². The highest BCUT2D eigenvalue weighted by atomic mass is 16.4. The maximum Gasteiger partial charge on any atom is 0.323 e. The molecule has 14 heavy (non-hydrogen) atoms. The number of carboxylic acids is 1. The van der Waals surface area contributed by atoms with Gasteiger partial charge in [-0.25, -0.2) is 0 Å². The predicted octanol–water partition coefficient (Wildman–Crippen LogP) is 0.716. The summed E-state index contributed by atoms with van der Waals surface area (Å²) in [6, 6.07) is 5.61. The maximum absolute atomic E-state index is 10.6. The number of nitrogens with two attached hydrogens (primary N) is 1. The van der Waals surface area contributed by atoms with E-state index in [1.807, 2.05) is 17.0 Å². The van der Waals surface area contributed by atoms with Crippen molar-refractivity contribution in [3.8, 4) is 0 Å². The molecule has 0 saturated carbocycles. The summed E-state index contributed by atoms with van der Waals surface area (Å²) in [5.41, 5.74) is 8.53. The third-order valence-electron chi connectivity index (χ3n) is 2.42. The largest absolute Gasteiger partial charge is 0.480 e. The molecule has 0 saturated heterocycles. The summed E-state index contributed by atoms with van der Waals surface area (Å²) in [6.07, 6.45) is 0.883. The maximum atomic E-state index is 10.6.